The first-order valence-corrected chi connectivity index (χ1v) is 4.20. The van der Waals surface area contributed by atoms with Gasteiger partial charge in [0.2, 0.25) is 11.8 Å². The van der Waals surface area contributed by atoms with Gasteiger partial charge in [-0.2, -0.15) is 9.97 Å². The first kappa shape index (κ1) is 11.7. The maximum atomic E-state index is 4.91. The lowest BCUT2D eigenvalue weighted by atomic mass is 10.5. The molecule has 0 N–H and O–H groups in total. The Morgan fingerprint density at radius 3 is 1.69 bits per heavy atom. The van der Waals surface area contributed by atoms with Crippen LogP contribution in [0.4, 0.5) is 0 Å². The molecule has 1 aromatic heterocycles. The van der Waals surface area contributed by atoms with Crippen LogP contribution in [0.2, 0.25) is 0 Å². The van der Waals surface area contributed by atoms with E-state index >= 15 is 0 Å². The zero-order chi connectivity index (χ0) is 10.3. The Kier molecular flexibility index (Phi) is 5.59. The number of rotatable bonds is 2. The van der Waals surface area contributed by atoms with E-state index < -0.39 is 0 Å². The Bertz CT molecular complexity index is 229. The minimum absolute atomic E-state index is 0.523. The first-order chi connectivity index (χ1) is 6.26. The predicted molar refractivity (Wildman–Crippen MR) is 51.2 cm³/mol. The number of hydrogen-bond donors (Lipinski definition) is 0. The van der Waals surface area contributed by atoms with Crippen molar-refractivity contribution in [1.29, 1.82) is 0 Å². The largest absolute Gasteiger partial charge is 0.481 e. The number of ether oxygens (including phenoxy) is 2. The summed E-state index contributed by atoms with van der Waals surface area (Å²) < 4.78 is 9.81. The van der Waals surface area contributed by atoms with Gasteiger partial charge in [0.05, 0.1) is 20.3 Å². The third-order valence-corrected chi connectivity index (χ3v) is 1.21. The zero-order valence-electron chi connectivity index (χ0n) is 8.79. The zero-order valence-corrected chi connectivity index (χ0v) is 8.79. The van der Waals surface area contributed by atoms with Gasteiger partial charge in [0.1, 0.15) is 5.82 Å². The van der Waals surface area contributed by atoms with Gasteiger partial charge in [-0.3, -0.25) is 0 Å². The van der Waals surface area contributed by atoms with E-state index in [9.17, 15) is 0 Å². The maximum absolute atomic E-state index is 4.91. The molecular formula is C9H16N2O2. The highest BCUT2D eigenvalue weighted by atomic mass is 16.5. The highest BCUT2D eigenvalue weighted by Crippen LogP contribution is 2.13. The molecule has 0 aliphatic rings. The summed E-state index contributed by atoms with van der Waals surface area (Å²) in [6.07, 6.45) is 0. The highest BCUT2D eigenvalue weighted by Gasteiger charge is 1.99. The molecule has 0 aliphatic carbocycles. The molecule has 0 saturated heterocycles. The second-order valence-corrected chi connectivity index (χ2v) is 2.00. The molecule has 1 aromatic rings. The lowest BCUT2D eigenvalue weighted by Crippen LogP contribution is -1.95. The second-order valence-electron chi connectivity index (χ2n) is 2.00. The van der Waals surface area contributed by atoms with Crippen LogP contribution in [0.5, 0.6) is 11.8 Å². The number of nitrogens with zero attached hydrogens (tertiary/aromatic N) is 2. The summed E-state index contributed by atoms with van der Waals surface area (Å²) in [5.74, 6) is 1.69. The van der Waals surface area contributed by atoms with E-state index in [1.165, 1.54) is 0 Å². The van der Waals surface area contributed by atoms with Crippen molar-refractivity contribution in [1.82, 2.24) is 9.97 Å². The van der Waals surface area contributed by atoms with E-state index in [4.69, 9.17) is 9.47 Å². The molecule has 0 bridgehead atoms. The van der Waals surface area contributed by atoms with Crippen LogP contribution in [0.1, 0.15) is 19.7 Å². The minimum atomic E-state index is 0.523. The normalized spacial score (nSPS) is 8.38. The molecular weight excluding hydrogens is 168 g/mol. The van der Waals surface area contributed by atoms with Crippen LogP contribution in [0.25, 0.3) is 0 Å². The molecule has 0 radical (unpaired) electrons. The predicted octanol–water partition coefficient (Wildman–Crippen LogP) is 1.83. The van der Waals surface area contributed by atoms with E-state index in [0.717, 1.165) is 0 Å². The van der Waals surface area contributed by atoms with E-state index in [1.54, 1.807) is 27.2 Å². The van der Waals surface area contributed by atoms with Gasteiger partial charge < -0.3 is 9.47 Å². The van der Waals surface area contributed by atoms with Crippen molar-refractivity contribution in [3.05, 3.63) is 11.9 Å². The Labute approximate surface area is 78.9 Å². The highest BCUT2D eigenvalue weighted by molar-refractivity contribution is 5.20. The average Bonchev–Trinajstić information content (AvgIpc) is 2.20. The standard InChI is InChI=1S/C7H10N2O2.C2H6/c1-5-8-6(10-2)4-7(9-5)11-3;1-2/h4H,1-3H3;1-2H3. The Morgan fingerprint density at radius 1 is 1.00 bits per heavy atom. The molecule has 0 aliphatic heterocycles. The molecule has 74 valence electrons. The molecule has 1 heterocycles. The number of aryl methyl sites for hydroxylation is 1. The number of hydrogen-bond acceptors (Lipinski definition) is 4. The molecule has 0 atom stereocenters. The van der Waals surface area contributed by atoms with Crippen LogP contribution < -0.4 is 9.47 Å². The van der Waals surface area contributed by atoms with Crippen LogP contribution in [0.3, 0.4) is 0 Å². The van der Waals surface area contributed by atoms with Gasteiger partial charge in [-0.05, 0) is 6.92 Å². The van der Waals surface area contributed by atoms with E-state index in [0.29, 0.717) is 17.6 Å². The van der Waals surface area contributed by atoms with Crippen molar-refractivity contribution in [3.8, 4) is 11.8 Å². The van der Waals surface area contributed by atoms with E-state index in [1.807, 2.05) is 13.8 Å². The third kappa shape index (κ3) is 3.73. The quantitative estimate of drug-likeness (QED) is 0.703. The molecule has 4 nitrogen and oxygen atoms in total. The van der Waals surface area contributed by atoms with Crippen molar-refractivity contribution in [2.24, 2.45) is 0 Å². The molecule has 13 heavy (non-hydrogen) atoms. The fraction of sp³-hybridized carbons (Fsp3) is 0.556. The lowest BCUT2D eigenvalue weighted by molar-refractivity contribution is 0.369. The van der Waals surface area contributed by atoms with Crippen LogP contribution in [-0.4, -0.2) is 24.2 Å². The topological polar surface area (TPSA) is 44.2 Å². The molecule has 0 unspecified atom stereocenters. The lowest BCUT2D eigenvalue weighted by Gasteiger charge is -2.02. The molecule has 0 saturated carbocycles. The van der Waals surface area contributed by atoms with Crippen LogP contribution in [-0.2, 0) is 0 Å². The van der Waals surface area contributed by atoms with Crippen LogP contribution in [0.15, 0.2) is 6.07 Å². The van der Waals surface area contributed by atoms with Gasteiger partial charge in [0.15, 0.2) is 0 Å². The summed E-state index contributed by atoms with van der Waals surface area (Å²) in [7, 11) is 3.11. The third-order valence-electron chi connectivity index (χ3n) is 1.21. The molecule has 4 heteroatoms. The molecule has 0 fully saturated rings. The minimum Gasteiger partial charge on any atom is -0.481 e. The summed E-state index contributed by atoms with van der Waals surface area (Å²) in [5, 5.41) is 0. The SMILES string of the molecule is CC.COc1cc(OC)nc(C)n1. The van der Waals surface area contributed by atoms with Gasteiger partial charge in [0, 0.05) is 0 Å². The first-order valence-electron chi connectivity index (χ1n) is 4.20. The smallest absolute Gasteiger partial charge is 0.220 e. The number of methoxy groups -OCH3 is 2. The monoisotopic (exact) mass is 184 g/mol. The molecule has 1 rings (SSSR count). The fourth-order valence-corrected chi connectivity index (χ4v) is 0.723. The average molecular weight is 184 g/mol. The van der Waals surface area contributed by atoms with Crippen molar-refractivity contribution >= 4 is 0 Å². The molecule has 0 spiro atoms. The summed E-state index contributed by atoms with van der Waals surface area (Å²) in [6.45, 7) is 5.78. The molecule has 0 aromatic carbocycles. The van der Waals surface area contributed by atoms with Gasteiger partial charge in [-0.25, -0.2) is 0 Å². The van der Waals surface area contributed by atoms with Crippen molar-refractivity contribution in [2.45, 2.75) is 20.8 Å². The summed E-state index contributed by atoms with van der Waals surface area (Å²) in [5.41, 5.74) is 0. The summed E-state index contributed by atoms with van der Waals surface area (Å²) >= 11 is 0. The maximum Gasteiger partial charge on any atom is 0.220 e. The van der Waals surface area contributed by atoms with Crippen molar-refractivity contribution in [3.63, 3.8) is 0 Å². The van der Waals surface area contributed by atoms with Crippen LogP contribution in [0, 0.1) is 6.92 Å². The van der Waals surface area contributed by atoms with Gasteiger partial charge in [-0.1, -0.05) is 13.8 Å². The van der Waals surface area contributed by atoms with Crippen molar-refractivity contribution in [2.75, 3.05) is 14.2 Å². The molecule has 0 amide bonds. The summed E-state index contributed by atoms with van der Waals surface area (Å²) in [6, 6.07) is 1.63. The van der Waals surface area contributed by atoms with Gasteiger partial charge >= 0.3 is 0 Å². The van der Waals surface area contributed by atoms with Gasteiger partial charge in [-0.15, -0.1) is 0 Å². The van der Waals surface area contributed by atoms with E-state index in [2.05, 4.69) is 9.97 Å². The summed E-state index contributed by atoms with van der Waals surface area (Å²) in [4.78, 5) is 7.97. The van der Waals surface area contributed by atoms with Crippen LogP contribution >= 0.6 is 0 Å². The Morgan fingerprint density at radius 2 is 1.38 bits per heavy atom. The van der Waals surface area contributed by atoms with Gasteiger partial charge in [0.25, 0.3) is 0 Å². The fourth-order valence-electron chi connectivity index (χ4n) is 0.723. The van der Waals surface area contributed by atoms with Crippen molar-refractivity contribution < 1.29 is 9.47 Å². The van der Waals surface area contributed by atoms with E-state index in [-0.39, 0.29) is 0 Å². The second kappa shape index (κ2) is 6.22. The number of aromatic nitrogens is 2. The Hall–Kier alpha value is -1.32. The Balaban J connectivity index is 0.000000671.